The Morgan fingerprint density at radius 1 is 0.610 bits per heavy atom. The van der Waals surface area contributed by atoms with Crippen LogP contribution in [0.2, 0.25) is 5.02 Å². The lowest BCUT2D eigenvalue weighted by atomic mass is 10.1. The van der Waals surface area contributed by atoms with Gasteiger partial charge in [0.2, 0.25) is 0 Å². The van der Waals surface area contributed by atoms with E-state index in [0.717, 1.165) is 65.9 Å². The highest BCUT2D eigenvalue weighted by Gasteiger charge is 2.21. The van der Waals surface area contributed by atoms with E-state index in [0.29, 0.717) is 16.5 Å². The van der Waals surface area contributed by atoms with Crippen molar-refractivity contribution >= 4 is 77.2 Å². The largest absolute Gasteiger partial charge is 0.455 e. The number of aromatic nitrogens is 4. The van der Waals surface area contributed by atoms with Crippen LogP contribution in [0.15, 0.2) is 120 Å². The van der Waals surface area contributed by atoms with E-state index in [1.54, 1.807) is 6.20 Å². The number of benzene rings is 5. The highest BCUT2D eigenvalue weighted by Crippen LogP contribution is 2.39. The Morgan fingerprint density at radius 3 is 2.32 bits per heavy atom. The van der Waals surface area contributed by atoms with E-state index >= 15 is 0 Å². The maximum Gasteiger partial charge on any atom is 0.167 e. The highest BCUT2D eigenvalue weighted by molar-refractivity contribution is 6.31. The van der Waals surface area contributed by atoms with Crippen LogP contribution in [-0.2, 0) is 0 Å². The zero-order valence-electron chi connectivity index (χ0n) is 21.5. The minimum atomic E-state index is 0.550. The molecule has 0 fully saturated rings. The molecule has 5 nitrogen and oxygen atoms in total. The van der Waals surface area contributed by atoms with Crippen LogP contribution in [0.1, 0.15) is 0 Å². The fraction of sp³-hybridized carbons (Fsp3) is 0. The molecule has 9 aromatic rings. The Morgan fingerprint density at radius 2 is 1.39 bits per heavy atom. The van der Waals surface area contributed by atoms with Gasteiger partial charge in [-0.3, -0.25) is 4.57 Å². The molecule has 0 amide bonds. The molecule has 0 radical (unpaired) electrons. The van der Waals surface area contributed by atoms with Crippen LogP contribution in [0.5, 0.6) is 0 Å². The molecular weight excluding hydrogens is 528 g/mol. The predicted octanol–water partition coefficient (Wildman–Crippen LogP) is 9.49. The van der Waals surface area contributed by atoms with Crippen molar-refractivity contribution in [2.75, 3.05) is 0 Å². The fourth-order valence-corrected chi connectivity index (χ4v) is 6.23. The maximum absolute atomic E-state index is 6.59. The number of hydrogen-bond donors (Lipinski definition) is 0. The molecule has 6 heteroatoms. The van der Waals surface area contributed by atoms with Gasteiger partial charge in [-0.1, -0.05) is 72.3 Å². The number of para-hydroxylation sites is 2. The summed E-state index contributed by atoms with van der Waals surface area (Å²) in [6, 6.07) is 37.0. The average Bonchev–Trinajstić information content (AvgIpc) is 3.54. The van der Waals surface area contributed by atoms with E-state index in [4.69, 9.17) is 26.0 Å². The van der Waals surface area contributed by atoms with Crippen molar-refractivity contribution in [3.63, 3.8) is 0 Å². The van der Waals surface area contributed by atoms with Crippen LogP contribution in [0.4, 0.5) is 0 Å². The molecule has 0 aliphatic rings. The minimum absolute atomic E-state index is 0.550. The molecule has 5 aromatic carbocycles. The molecule has 0 bridgehead atoms. The number of pyridine rings is 1. The maximum atomic E-state index is 6.59. The van der Waals surface area contributed by atoms with Crippen molar-refractivity contribution in [3.8, 4) is 17.2 Å². The summed E-state index contributed by atoms with van der Waals surface area (Å²) in [6.45, 7) is 0. The van der Waals surface area contributed by atoms with E-state index in [2.05, 4.69) is 64.1 Å². The summed E-state index contributed by atoms with van der Waals surface area (Å²) in [7, 11) is 0. The zero-order chi connectivity index (χ0) is 27.1. The fourth-order valence-electron chi connectivity index (χ4n) is 6.07. The van der Waals surface area contributed by atoms with Gasteiger partial charge in [-0.05, 0) is 59.3 Å². The minimum Gasteiger partial charge on any atom is -0.455 e. The zero-order valence-corrected chi connectivity index (χ0v) is 22.3. The molecule has 9 rings (SSSR count). The van der Waals surface area contributed by atoms with Crippen molar-refractivity contribution in [3.05, 3.63) is 120 Å². The van der Waals surface area contributed by atoms with E-state index in [1.165, 1.54) is 5.39 Å². The van der Waals surface area contributed by atoms with Crippen LogP contribution < -0.4 is 0 Å². The smallest absolute Gasteiger partial charge is 0.167 e. The van der Waals surface area contributed by atoms with Gasteiger partial charge in [0.25, 0.3) is 0 Å². The molecule has 0 spiro atoms. The summed E-state index contributed by atoms with van der Waals surface area (Å²) >= 11 is 6.59. The first-order valence-electron chi connectivity index (χ1n) is 13.4. The summed E-state index contributed by atoms with van der Waals surface area (Å²) < 4.78 is 8.55. The van der Waals surface area contributed by atoms with Gasteiger partial charge in [0.05, 0.1) is 22.0 Å². The molecule has 192 valence electrons. The van der Waals surface area contributed by atoms with Crippen LogP contribution >= 0.6 is 11.6 Å². The van der Waals surface area contributed by atoms with Crippen molar-refractivity contribution < 1.29 is 4.42 Å². The first kappa shape index (κ1) is 22.5. The second-order valence-electron chi connectivity index (χ2n) is 10.2. The Balaban J connectivity index is 1.43. The molecule has 0 unspecified atom stereocenters. The standard InChI is InChI=1S/C35H19ClN4O/c36-22-14-15-23-28-17-20-7-1-2-8-21(20)18-29(28)40(30(23)19-22)35-27-12-6-16-37-33(27)38-34(39-35)26-11-5-10-25-24-9-3-4-13-31(24)41-32(25)26/h1-19H. The Hall–Kier alpha value is -5.26. The van der Waals surface area contributed by atoms with Gasteiger partial charge >= 0.3 is 0 Å². The number of furan rings is 1. The van der Waals surface area contributed by atoms with Gasteiger partial charge in [-0.15, -0.1) is 0 Å². The third kappa shape index (κ3) is 3.27. The topological polar surface area (TPSA) is 56.7 Å². The molecule has 4 aromatic heterocycles. The van der Waals surface area contributed by atoms with Gasteiger partial charge < -0.3 is 4.42 Å². The van der Waals surface area contributed by atoms with Gasteiger partial charge in [0, 0.05) is 32.8 Å². The van der Waals surface area contributed by atoms with E-state index in [1.807, 2.05) is 54.6 Å². The third-order valence-corrected chi connectivity index (χ3v) is 8.14. The molecule has 0 aliphatic carbocycles. The number of fused-ring (bicyclic) bond motifs is 8. The Kier molecular flexibility index (Phi) is 4.60. The first-order valence-corrected chi connectivity index (χ1v) is 13.8. The summed E-state index contributed by atoms with van der Waals surface area (Å²) in [4.78, 5) is 14.9. The van der Waals surface area contributed by atoms with Crippen molar-refractivity contribution in [2.24, 2.45) is 0 Å². The summed E-state index contributed by atoms with van der Waals surface area (Å²) in [5, 5.41) is 8.17. The van der Waals surface area contributed by atoms with Crippen molar-refractivity contribution in [2.45, 2.75) is 0 Å². The first-order chi connectivity index (χ1) is 20.2. The van der Waals surface area contributed by atoms with Crippen LogP contribution in [0, 0.1) is 0 Å². The molecule has 0 atom stereocenters. The van der Waals surface area contributed by atoms with Crippen LogP contribution in [0.25, 0.3) is 82.8 Å². The summed E-state index contributed by atoms with van der Waals surface area (Å²) in [5.41, 5.74) is 5.02. The van der Waals surface area contributed by atoms with Gasteiger partial charge in [-0.25, -0.2) is 15.0 Å². The molecule has 0 saturated carbocycles. The second-order valence-corrected chi connectivity index (χ2v) is 10.7. The van der Waals surface area contributed by atoms with Crippen LogP contribution in [-0.4, -0.2) is 19.5 Å². The summed E-state index contributed by atoms with van der Waals surface area (Å²) in [6.07, 6.45) is 1.76. The van der Waals surface area contributed by atoms with Crippen molar-refractivity contribution in [1.82, 2.24) is 19.5 Å². The summed E-state index contributed by atoms with van der Waals surface area (Å²) in [5.74, 6) is 1.29. The molecule has 0 aliphatic heterocycles. The lowest BCUT2D eigenvalue weighted by Gasteiger charge is -2.12. The van der Waals surface area contributed by atoms with Gasteiger partial charge in [-0.2, -0.15) is 0 Å². The normalized spacial score (nSPS) is 12.0. The average molecular weight is 547 g/mol. The second kappa shape index (κ2) is 8.37. The highest BCUT2D eigenvalue weighted by atomic mass is 35.5. The Bertz CT molecular complexity index is 2510. The monoisotopic (exact) mass is 546 g/mol. The van der Waals surface area contributed by atoms with E-state index in [-0.39, 0.29) is 0 Å². The molecule has 0 N–H and O–H groups in total. The predicted molar refractivity (Wildman–Crippen MR) is 167 cm³/mol. The number of nitrogens with zero attached hydrogens (tertiary/aromatic N) is 4. The quantitative estimate of drug-likeness (QED) is 0.216. The lowest BCUT2D eigenvalue weighted by Crippen LogP contribution is -2.03. The van der Waals surface area contributed by atoms with E-state index < -0.39 is 0 Å². The van der Waals surface area contributed by atoms with E-state index in [9.17, 15) is 0 Å². The van der Waals surface area contributed by atoms with Crippen molar-refractivity contribution in [1.29, 1.82) is 0 Å². The number of rotatable bonds is 2. The molecular formula is C35H19ClN4O. The molecule has 0 saturated heterocycles. The van der Waals surface area contributed by atoms with Crippen LogP contribution in [0.3, 0.4) is 0 Å². The Labute approximate surface area is 238 Å². The molecule has 41 heavy (non-hydrogen) atoms. The number of halogens is 1. The SMILES string of the molecule is Clc1ccc2c3cc4ccccc4cc3n(-c3nc(-c4cccc5c4oc4ccccc45)nc4ncccc34)c2c1. The third-order valence-electron chi connectivity index (χ3n) is 7.90. The molecule has 4 heterocycles. The lowest BCUT2D eigenvalue weighted by molar-refractivity contribution is 0.669. The van der Waals surface area contributed by atoms with Gasteiger partial charge in [0.15, 0.2) is 17.3 Å². The number of hydrogen-bond acceptors (Lipinski definition) is 4. The van der Waals surface area contributed by atoms with Gasteiger partial charge in [0.1, 0.15) is 11.2 Å².